The highest BCUT2D eigenvalue weighted by Gasteiger charge is 2.34. The fourth-order valence-electron chi connectivity index (χ4n) is 3.02. The average molecular weight is 401 g/mol. The summed E-state index contributed by atoms with van der Waals surface area (Å²) in [7, 11) is 0. The van der Waals surface area contributed by atoms with Crippen molar-refractivity contribution in [2.24, 2.45) is 0 Å². The Balaban J connectivity index is 1.50. The zero-order valence-corrected chi connectivity index (χ0v) is 15.5. The van der Waals surface area contributed by atoms with Crippen LogP contribution in [0.25, 0.3) is 0 Å². The molecule has 0 spiro atoms. The van der Waals surface area contributed by atoms with Crippen LogP contribution in [0.3, 0.4) is 0 Å². The quantitative estimate of drug-likeness (QED) is 0.405. The lowest BCUT2D eigenvalue weighted by Crippen LogP contribution is -2.31. The van der Waals surface area contributed by atoms with Crippen molar-refractivity contribution in [2.45, 2.75) is 25.9 Å². The summed E-state index contributed by atoms with van der Waals surface area (Å²) in [6.45, 7) is 1.36. The number of fused-ring (bicyclic) bond motifs is 1. The van der Waals surface area contributed by atoms with E-state index < -0.39 is 41.3 Å². The number of esters is 1. The van der Waals surface area contributed by atoms with Gasteiger partial charge in [-0.25, -0.2) is 8.78 Å². The highest BCUT2D eigenvalue weighted by Crippen LogP contribution is 2.22. The molecule has 2 amide bonds. The van der Waals surface area contributed by atoms with Crippen molar-refractivity contribution in [3.63, 3.8) is 0 Å². The molecule has 2 aromatic carbocycles. The molecule has 0 fully saturated rings. The fourth-order valence-corrected chi connectivity index (χ4v) is 3.02. The van der Waals surface area contributed by atoms with Crippen LogP contribution in [0.2, 0.25) is 0 Å². The number of carbonyl (C=O) groups is 4. The van der Waals surface area contributed by atoms with Crippen LogP contribution in [-0.2, 0) is 9.53 Å². The second-order valence-corrected chi connectivity index (χ2v) is 6.54. The molecule has 1 unspecified atom stereocenters. The first-order valence-corrected chi connectivity index (χ1v) is 8.93. The van der Waals surface area contributed by atoms with Crippen LogP contribution in [0.1, 0.15) is 50.8 Å². The average Bonchev–Trinajstić information content (AvgIpc) is 2.94. The lowest BCUT2D eigenvalue weighted by atomic mass is 10.1. The van der Waals surface area contributed by atoms with Crippen LogP contribution in [0.4, 0.5) is 8.78 Å². The lowest BCUT2D eigenvalue weighted by Gasteiger charge is -2.15. The highest BCUT2D eigenvalue weighted by atomic mass is 19.2. The van der Waals surface area contributed by atoms with E-state index in [0.29, 0.717) is 11.1 Å². The maximum absolute atomic E-state index is 13.2. The number of hydrogen-bond acceptors (Lipinski definition) is 5. The molecule has 1 aliphatic heterocycles. The van der Waals surface area contributed by atoms with E-state index in [1.165, 1.54) is 6.92 Å². The van der Waals surface area contributed by atoms with Gasteiger partial charge < -0.3 is 4.74 Å². The van der Waals surface area contributed by atoms with Crippen LogP contribution in [0, 0.1) is 11.6 Å². The maximum Gasteiger partial charge on any atom is 0.306 e. The topological polar surface area (TPSA) is 80.8 Å². The van der Waals surface area contributed by atoms with Gasteiger partial charge in [-0.15, -0.1) is 0 Å². The second-order valence-electron chi connectivity index (χ2n) is 6.54. The van der Waals surface area contributed by atoms with Gasteiger partial charge in [-0.3, -0.25) is 24.1 Å². The Morgan fingerprint density at radius 3 is 2.21 bits per heavy atom. The Kier molecular flexibility index (Phi) is 5.81. The Labute approximate surface area is 165 Å². The number of hydrogen-bond donors (Lipinski definition) is 0. The van der Waals surface area contributed by atoms with Crippen molar-refractivity contribution in [3.05, 3.63) is 70.8 Å². The summed E-state index contributed by atoms with van der Waals surface area (Å²) < 4.78 is 31.2. The predicted molar refractivity (Wildman–Crippen MR) is 97.3 cm³/mol. The molecule has 1 aliphatic rings. The third-order valence-electron chi connectivity index (χ3n) is 4.52. The number of nitrogens with zero attached hydrogens (tertiary/aromatic N) is 1. The minimum Gasteiger partial charge on any atom is -0.454 e. The van der Waals surface area contributed by atoms with E-state index in [1.54, 1.807) is 24.3 Å². The molecule has 0 aromatic heterocycles. The smallest absolute Gasteiger partial charge is 0.306 e. The Hall–Kier alpha value is -3.42. The SMILES string of the molecule is CC(OC(=O)CCCN1C(=O)c2ccccc2C1=O)C(=O)c1ccc(F)c(F)c1. The Morgan fingerprint density at radius 2 is 1.62 bits per heavy atom. The third kappa shape index (κ3) is 4.21. The van der Waals surface area contributed by atoms with Gasteiger partial charge in [0.15, 0.2) is 17.7 Å². The number of carbonyl (C=O) groups excluding carboxylic acids is 4. The number of imide groups is 1. The van der Waals surface area contributed by atoms with Crippen molar-refractivity contribution >= 4 is 23.6 Å². The molecular weight excluding hydrogens is 384 g/mol. The van der Waals surface area contributed by atoms with E-state index in [1.807, 2.05) is 0 Å². The summed E-state index contributed by atoms with van der Waals surface area (Å²) in [4.78, 5) is 49.7. The van der Waals surface area contributed by atoms with Gasteiger partial charge in [-0.2, -0.15) is 0 Å². The molecular formula is C21H17F2NO5. The number of Topliss-reactive ketones (excluding diaryl/α,β-unsaturated/α-hetero) is 1. The molecule has 2 aromatic rings. The molecule has 29 heavy (non-hydrogen) atoms. The second kappa shape index (κ2) is 8.30. The minimum absolute atomic E-state index is 0.0347. The normalized spacial score (nSPS) is 14.0. The highest BCUT2D eigenvalue weighted by molar-refractivity contribution is 6.21. The van der Waals surface area contributed by atoms with E-state index in [0.717, 1.165) is 23.1 Å². The molecule has 3 rings (SSSR count). The van der Waals surface area contributed by atoms with Gasteiger partial charge in [0.05, 0.1) is 11.1 Å². The zero-order chi connectivity index (χ0) is 21.1. The molecule has 150 valence electrons. The fraction of sp³-hybridized carbons (Fsp3) is 0.238. The summed E-state index contributed by atoms with van der Waals surface area (Å²) in [5.41, 5.74) is 0.534. The standard InChI is InChI=1S/C21H17F2NO5/c1-12(19(26)13-8-9-16(22)17(23)11-13)29-18(25)7-4-10-24-20(27)14-5-2-3-6-15(14)21(24)28/h2-3,5-6,8-9,11-12H,4,7,10H2,1H3. The van der Waals surface area contributed by atoms with Crippen LogP contribution in [0.15, 0.2) is 42.5 Å². The molecule has 1 heterocycles. The van der Waals surface area contributed by atoms with Crippen molar-refractivity contribution in [2.75, 3.05) is 6.54 Å². The molecule has 6 nitrogen and oxygen atoms in total. The summed E-state index contributed by atoms with van der Waals surface area (Å²) >= 11 is 0. The van der Waals surface area contributed by atoms with E-state index in [2.05, 4.69) is 0 Å². The Morgan fingerprint density at radius 1 is 1.00 bits per heavy atom. The summed E-state index contributed by atoms with van der Waals surface area (Å²) in [6, 6.07) is 9.12. The van der Waals surface area contributed by atoms with E-state index in [9.17, 15) is 28.0 Å². The first kappa shape index (κ1) is 20.3. The lowest BCUT2D eigenvalue weighted by molar-refractivity contribution is -0.146. The van der Waals surface area contributed by atoms with E-state index in [4.69, 9.17) is 4.74 Å². The summed E-state index contributed by atoms with van der Waals surface area (Å²) in [5, 5.41) is 0. The number of rotatable bonds is 7. The number of ether oxygens (including phenoxy) is 1. The van der Waals surface area contributed by atoms with Crippen LogP contribution in [0.5, 0.6) is 0 Å². The van der Waals surface area contributed by atoms with Gasteiger partial charge >= 0.3 is 5.97 Å². The number of benzene rings is 2. The number of ketones is 1. The molecule has 0 saturated carbocycles. The van der Waals surface area contributed by atoms with E-state index >= 15 is 0 Å². The third-order valence-corrected chi connectivity index (χ3v) is 4.52. The minimum atomic E-state index is -1.19. The van der Waals surface area contributed by atoms with Gasteiger partial charge in [-0.1, -0.05) is 12.1 Å². The van der Waals surface area contributed by atoms with E-state index in [-0.39, 0.29) is 24.9 Å². The van der Waals surface area contributed by atoms with Crippen molar-refractivity contribution in [1.82, 2.24) is 4.90 Å². The molecule has 1 atom stereocenters. The van der Waals surface area contributed by atoms with Crippen LogP contribution in [-0.4, -0.2) is 41.1 Å². The number of amides is 2. The van der Waals surface area contributed by atoms with Crippen molar-refractivity contribution in [1.29, 1.82) is 0 Å². The maximum atomic E-state index is 13.2. The van der Waals surface area contributed by atoms with Crippen LogP contribution >= 0.6 is 0 Å². The van der Waals surface area contributed by atoms with Gasteiger partial charge in [0, 0.05) is 18.5 Å². The van der Waals surface area contributed by atoms with Gasteiger partial charge in [0.1, 0.15) is 0 Å². The molecule has 0 N–H and O–H groups in total. The Bertz CT molecular complexity index is 969. The molecule has 8 heteroatoms. The van der Waals surface area contributed by atoms with Gasteiger partial charge in [-0.05, 0) is 43.7 Å². The van der Waals surface area contributed by atoms with Gasteiger partial charge in [0.25, 0.3) is 11.8 Å². The largest absolute Gasteiger partial charge is 0.454 e. The predicted octanol–water partition coefficient (Wildman–Crippen LogP) is 3.16. The zero-order valence-electron chi connectivity index (χ0n) is 15.5. The monoisotopic (exact) mass is 401 g/mol. The van der Waals surface area contributed by atoms with Crippen molar-refractivity contribution in [3.8, 4) is 0 Å². The summed E-state index contributed by atoms with van der Waals surface area (Å²) in [5.74, 6) is -4.46. The van der Waals surface area contributed by atoms with Crippen molar-refractivity contribution < 1.29 is 32.7 Å². The molecule has 0 bridgehead atoms. The molecule has 0 radical (unpaired) electrons. The summed E-state index contributed by atoms with van der Waals surface area (Å²) in [6.07, 6.45) is -1.15. The first-order valence-electron chi connectivity index (χ1n) is 8.93. The molecule has 0 aliphatic carbocycles. The van der Waals surface area contributed by atoms with Crippen LogP contribution < -0.4 is 0 Å². The number of halogens is 2. The molecule has 0 saturated heterocycles. The van der Waals surface area contributed by atoms with Gasteiger partial charge in [0.2, 0.25) is 5.78 Å². The first-order chi connectivity index (χ1) is 13.8.